The minimum atomic E-state index is -0.408. The van der Waals surface area contributed by atoms with Crippen LogP contribution in [0.25, 0.3) is 0 Å². The second kappa shape index (κ2) is 3.36. The summed E-state index contributed by atoms with van der Waals surface area (Å²) < 4.78 is 0. The van der Waals surface area contributed by atoms with E-state index in [2.05, 4.69) is 5.32 Å². The lowest BCUT2D eigenvalue weighted by Crippen LogP contribution is -2.16. The number of fused-ring (bicyclic) bond motifs is 1. The number of nitro groups is 1. The molecular formula is C9H10N2O3. The van der Waals surface area contributed by atoms with Gasteiger partial charge >= 0.3 is 0 Å². The van der Waals surface area contributed by atoms with Crippen LogP contribution in [0, 0.1) is 10.1 Å². The van der Waals surface area contributed by atoms with Crippen LogP contribution in [0.5, 0.6) is 0 Å². The number of hydrogen-bond acceptors (Lipinski definition) is 4. The minimum absolute atomic E-state index is 0.0894. The van der Waals surface area contributed by atoms with E-state index in [-0.39, 0.29) is 18.3 Å². The van der Waals surface area contributed by atoms with E-state index in [1.807, 2.05) is 6.07 Å². The van der Waals surface area contributed by atoms with Crippen molar-refractivity contribution in [2.24, 2.45) is 0 Å². The van der Waals surface area contributed by atoms with Crippen LogP contribution in [0.2, 0.25) is 0 Å². The number of nitrogens with one attached hydrogen (secondary N) is 1. The largest absolute Gasteiger partial charge is 0.394 e. The Bertz CT molecular complexity index is 378. The molecule has 0 spiro atoms. The highest BCUT2D eigenvalue weighted by molar-refractivity contribution is 5.49. The molecule has 14 heavy (non-hydrogen) atoms. The van der Waals surface area contributed by atoms with Gasteiger partial charge in [0.1, 0.15) is 0 Å². The Kier molecular flexibility index (Phi) is 2.18. The molecule has 1 aliphatic rings. The maximum atomic E-state index is 10.7. The first kappa shape index (κ1) is 9.11. The zero-order valence-electron chi connectivity index (χ0n) is 7.43. The molecule has 1 aromatic carbocycles. The van der Waals surface area contributed by atoms with E-state index >= 15 is 0 Å². The van der Waals surface area contributed by atoms with E-state index in [9.17, 15) is 10.1 Å². The standard InChI is InChI=1S/C9H10N2O3/c12-5-7-9-6(4-10-7)2-1-3-8(9)11(13)14/h1-3,7,10,12H,4-5H2/t7-/m1/s1. The second-order valence-electron chi connectivity index (χ2n) is 3.22. The van der Waals surface area contributed by atoms with Crippen LogP contribution in [-0.4, -0.2) is 16.6 Å². The number of rotatable bonds is 2. The zero-order chi connectivity index (χ0) is 10.1. The van der Waals surface area contributed by atoms with E-state index in [1.165, 1.54) is 6.07 Å². The van der Waals surface area contributed by atoms with Crippen molar-refractivity contribution in [1.29, 1.82) is 0 Å². The summed E-state index contributed by atoms with van der Waals surface area (Å²) in [5.41, 5.74) is 1.62. The maximum absolute atomic E-state index is 10.7. The topological polar surface area (TPSA) is 75.4 Å². The molecule has 0 unspecified atom stereocenters. The van der Waals surface area contributed by atoms with Crippen molar-refractivity contribution in [2.75, 3.05) is 6.61 Å². The number of aliphatic hydroxyl groups is 1. The fourth-order valence-electron chi connectivity index (χ4n) is 1.81. The van der Waals surface area contributed by atoms with Crippen molar-refractivity contribution in [3.05, 3.63) is 39.4 Å². The quantitative estimate of drug-likeness (QED) is 0.537. The van der Waals surface area contributed by atoms with Gasteiger partial charge in [-0.25, -0.2) is 0 Å². The van der Waals surface area contributed by atoms with Crippen LogP contribution < -0.4 is 5.32 Å². The highest BCUT2D eigenvalue weighted by atomic mass is 16.6. The summed E-state index contributed by atoms with van der Waals surface area (Å²) in [6.45, 7) is 0.472. The Morgan fingerprint density at radius 1 is 1.64 bits per heavy atom. The predicted molar refractivity (Wildman–Crippen MR) is 49.8 cm³/mol. The molecule has 1 aliphatic heterocycles. The molecule has 5 heteroatoms. The fraction of sp³-hybridized carbons (Fsp3) is 0.333. The Balaban J connectivity index is 2.54. The van der Waals surface area contributed by atoms with Crippen LogP contribution in [0.4, 0.5) is 5.69 Å². The average Bonchev–Trinajstić information content (AvgIpc) is 2.59. The molecule has 0 bridgehead atoms. The van der Waals surface area contributed by atoms with Crippen molar-refractivity contribution in [3.8, 4) is 0 Å². The van der Waals surface area contributed by atoms with Gasteiger partial charge in [-0.3, -0.25) is 10.1 Å². The first-order valence-corrected chi connectivity index (χ1v) is 4.34. The van der Waals surface area contributed by atoms with Gasteiger partial charge in [0.05, 0.1) is 23.1 Å². The van der Waals surface area contributed by atoms with Gasteiger partial charge in [0.2, 0.25) is 0 Å². The number of aliphatic hydroxyl groups excluding tert-OH is 1. The van der Waals surface area contributed by atoms with Crippen molar-refractivity contribution in [1.82, 2.24) is 5.32 Å². The van der Waals surface area contributed by atoms with E-state index in [0.29, 0.717) is 12.1 Å². The molecule has 0 amide bonds. The second-order valence-corrected chi connectivity index (χ2v) is 3.22. The summed E-state index contributed by atoms with van der Waals surface area (Å²) in [4.78, 5) is 10.3. The van der Waals surface area contributed by atoms with Crippen LogP contribution in [0.15, 0.2) is 18.2 Å². The lowest BCUT2D eigenvalue weighted by atomic mass is 10.0. The Morgan fingerprint density at radius 2 is 2.43 bits per heavy atom. The number of nitro benzene ring substituents is 1. The Labute approximate surface area is 80.5 Å². The molecule has 2 rings (SSSR count). The fourth-order valence-corrected chi connectivity index (χ4v) is 1.81. The molecule has 5 nitrogen and oxygen atoms in total. The first-order chi connectivity index (χ1) is 6.74. The highest BCUT2D eigenvalue weighted by Gasteiger charge is 2.29. The molecule has 0 radical (unpaired) electrons. The number of hydrogen-bond donors (Lipinski definition) is 2. The third kappa shape index (κ3) is 1.26. The molecule has 0 fully saturated rings. The van der Waals surface area contributed by atoms with Crippen LogP contribution in [-0.2, 0) is 6.54 Å². The molecule has 74 valence electrons. The van der Waals surface area contributed by atoms with Crippen LogP contribution >= 0.6 is 0 Å². The average molecular weight is 194 g/mol. The lowest BCUT2D eigenvalue weighted by molar-refractivity contribution is -0.385. The summed E-state index contributed by atoms with van der Waals surface area (Å²) in [6.07, 6.45) is 0. The van der Waals surface area contributed by atoms with Gasteiger partial charge in [0.15, 0.2) is 0 Å². The first-order valence-electron chi connectivity index (χ1n) is 4.34. The van der Waals surface area contributed by atoms with Gasteiger partial charge < -0.3 is 10.4 Å². The van der Waals surface area contributed by atoms with E-state index < -0.39 is 4.92 Å². The Morgan fingerprint density at radius 3 is 3.07 bits per heavy atom. The molecule has 1 aromatic rings. The molecule has 1 heterocycles. The van der Waals surface area contributed by atoms with Crippen molar-refractivity contribution < 1.29 is 10.0 Å². The minimum Gasteiger partial charge on any atom is -0.394 e. The van der Waals surface area contributed by atoms with Gasteiger partial charge in [0, 0.05) is 12.6 Å². The normalized spacial score (nSPS) is 19.4. The van der Waals surface area contributed by atoms with Gasteiger partial charge in [-0.05, 0) is 5.56 Å². The van der Waals surface area contributed by atoms with E-state index in [0.717, 1.165) is 5.56 Å². The molecule has 1 atom stereocenters. The van der Waals surface area contributed by atoms with Gasteiger partial charge in [0.25, 0.3) is 5.69 Å². The highest BCUT2D eigenvalue weighted by Crippen LogP contribution is 2.32. The molecule has 0 saturated carbocycles. The third-order valence-electron chi connectivity index (χ3n) is 2.44. The van der Waals surface area contributed by atoms with Crippen LogP contribution in [0.3, 0.4) is 0 Å². The molecular weight excluding hydrogens is 184 g/mol. The van der Waals surface area contributed by atoms with Crippen LogP contribution in [0.1, 0.15) is 17.2 Å². The van der Waals surface area contributed by atoms with Gasteiger partial charge in [-0.2, -0.15) is 0 Å². The lowest BCUT2D eigenvalue weighted by Gasteiger charge is -2.07. The van der Waals surface area contributed by atoms with E-state index in [4.69, 9.17) is 5.11 Å². The molecule has 2 N–H and O–H groups in total. The molecule has 0 aromatic heterocycles. The third-order valence-corrected chi connectivity index (χ3v) is 2.44. The molecule has 0 aliphatic carbocycles. The summed E-state index contributed by atoms with van der Waals surface area (Å²) >= 11 is 0. The van der Waals surface area contributed by atoms with Gasteiger partial charge in [-0.1, -0.05) is 12.1 Å². The van der Waals surface area contributed by atoms with Crippen molar-refractivity contribution in [3.63, 3.8) is 0 Å². The summed E-state index contributed by atoms with van der Waals surface area (Å²) in [6, 6.07) is 4.67. The maximum Gasteiger partial charge on any atom is 0.274 e. The number of nitrogens with zero attached hydrogens (tertiary/aromatic N) is 1. The molecule has 0 saturated heterocycles. The van der Waals surface area contributed by atoms with Gasteiger partial charge in [-0.15, -0.1) is 0 Å². The zero-order valence-corrected chi connectivity index (χ0v) is 7.43. The summed E-state index contributed by atoms with van der Waals surface area (Å²) in [7, 11) is 0. The Hall–Kier alpha value is -1.46. The smallest absolute Gasteiger partial charge is 0.274 e. The predicted octanol–water partition coefficient (Wildman–Crippen LogP) is 0.731. The van der Waals surface area contributed by atoms with E-state index in [1.54, 1.807) is 6.07 Å². The SMILES string of the molecule is O=[N+]([O-])c1cccc2c1[C@@H](CO)NC2. The number of benzene rings is 1. The monoisotopic (exact) mass is 194 g/mol. The van der Waals surface area contributed by atoms with Crippen molar-refractivity contribution in [2.45, 2.75) is 12.6 Å². The summed E-state index contributed by atoms with van der Waals surface area (Å²) in [5, 5.41) is 22.8. The van der Waals surface area contributed by atoms with Crippen molar-refractivity contribution >= 4 is 5.69 Å². The summed E-state index contributed by atoms with van der Waals surface area (Å²) in [5.74, 6) is 0.